The van der Waals surface area contributed by atoms with E-state index in [0.717, 1.165) is 31.7 Å². The van der Waals surface area contributed by atoms with Crippen LogP contribution in [0.25, 0.3) is 11.1 Å². The summed E-state index contributed by atoms with van der Waals surface area (Å²) in [4.78, 5) is 28.8. The van der Waals surface area contributed by atoms with Gasteiger partial charge in [0.2, 0.25) is 10.9 Å². The first-order valence-corrected chi connectivity index (χ1v) is 9.03. The predicted octanol–water partition coefficient (Wildman–Crippen LogP) is 2.89. The zero-order valence-corrected chi connectivity index (χ0v) is 15.2. The summed E-state index contributed by atoms with van der Waals surface area (Å²) >= 11 is 0. The molecule has 0 spiro atoms. The van der Waals surface area contributed by atoms with Crippen LogP contribution >= 0.6 is 0 Å². The largest absolute Gasteiger partial charge is 0.368 e. The number of benzene rings is 2. The van der Waals surface area contributed by atoms with Gasteiger partial charge in [0.15, 0.2) is 0 Å². The Morgan fingerprint density at radius 3 is 2.08 bits per heavy atom. The fourth-order valence-corrected chi connectivity index (χ4v) is 3.80. The Labute approximate surface area is 153 Å². The van der Waals surface area contributed by atoms with E-state index >= 15 is 0 Å². The van der Waals surface area contributed by atoms with Crippen molar-refractivity contribution in [2.75, 3.05) is 36.0 Å². The number of rotatable bonds is 3. The molecule has 0 N–H and O–H groups in total. The summed E-state index contributed by atoms with van der Waals surface area (Å²) in [6.07, 6.45) is 0. The maximum atomic E-state index is 12.2. The van der Waals surface area contributed by atoms with E-state index in [0.29, 0.717) is 11.3 Å². The van der Waals surface area contributed by atoms with E-state index in [9.17, 15) is 9.59 Å². The van der Waals surface area contributed by atoms with E-state index in [1.54, 1.807) is 0 Å². The van der Waals surface area contributed by atoms with Crippen LogP contribution in [-0.4, -0.2) is 26.2 Å². The lowest BCUT2D eigenvalue weighted by Crippen LogP contribution is -2.51. The number of aryl methyl sites for hydroxylation is 1. The molecule has 1 heterocycles. The van der Waals surface area contributed by atoms with Gasteiger partial charge in [-0.05, 0) is 36.6 Å². The van der Waals surface area contributed by atoms with E-state index in [2.05, 4.69) is 41.8 Å². The van der Waals surface area contributed by atoms with Crippen molar-refractivity contribution in [2.24, 2.45) is 0 Å². The van der Waals surface area contributed by atoms with E-state index in [1.807, 2.05) is 30.3 Å². The highest BCUT2D eigenvalue weighted by atomic mass is 16.2. The SMILES string of the molecule is Cc1cccc(N2CCN(c3c(-c4ccccc4)c(=O)c3=O)CC2)c1C. The molecule has 4 heteroatoms. The van der Waals surface area contributed by atoms with Gasteiger partial charge in [0.1, 0.15) is 5.69 Å². The Hall–Kier alpha value is -2.88. The zero-order valence-electron chi connectivity index (χ0n) is 15.2. The van der Waals surface area contributed by atoms with E-state index < -0.39 is 0 Å². The molecule has 0 radical (unpaired) electrons. The summed E-state index contributed by atoms with van der Waals surface area (Å²) < 4.78 is 0. The van der Waals surface area contributed by atoms with Crippen molar-refractivity contribution in [2.45, 2.75) is 13.8 Å². The summed E-state index contributed by atoms with van der Waals surface area (Å²) in [5.41, 5.74) is 5.17. The Bertz CT molecular complexity index is 1010. The minimum Gasteiger partial charge on any atom is -0.368 e. The van der Waals surface area contributed by atoms with E-state index in [4.69, 9.17) is 0 Å². The van der Waals surface area contributed by atoms with Crippen LogP contribution in [0.1, 0.15) is 11.1 Å². The minimum absolute atomic E-state index is 0.343. The molecule has 0 aromatic heterocycles. The normalized spacial score (nSPS) is 14.8. The molecule has 1 saturated heterocycles. The number of hydrogen-bond acceptors (Lipinski definition) is 4. The molecule has 0 bridgehead atoms. The van der Waals surface area contributed by atoms with Crippen LogP contribution in [0.5, 0.6) is 0 Å². The van der Waals surface area contributed by atoms with Crippen LogP contribution in [0.15, 0.2) is 58.1 Å². The van der Waals surface area contributed by atoms with Crippen LogP contribution in [-0.2, 0) is 0 Å². The average Bonchev–Trinajstić information content (AvgIpc) is 2.68. The third-order valence-corrected chi connectivity index (χ3v) is 5.46. The van der Waals surface area contributed by atoms with Crippen molar-refractivity contribution in [1.29, 1.82) is 0 Å². The van der Waals surface area contributed by atoms with Gasteiger partial charge in [-0.15, -0.1) is 0 Å². The first-order chi connectivity index (χ1) is 12.6. The van der Waals surface area contributed by atoms with Gasteiger partial charge >= 0.3 is 0 Å². The first kappa shape index (κ1) is 16.6. The molecule has 4 rings (SSSR count). The third-order valence-electron chi connectivity index (χ3n) is 5.46. The molecule has 0 unspecified atom stereocenters. The quantitative estimate of drug-likeness (QED) is 0.684. The van der Waals surface area contributed by atoms with Gasteiger partial charge in [0.25, 0.3) is 0 Å². The fraction of sp³-hybridized carbons (Fsp3) is 0.273. The fourth-order valence-electron chi connectivity index (χ4n) is 3.80. The molecule has 4 nitrogen and oxygen atoms in total. The number of hydrogen-bond donors (Lipinski definition) is 0. The van der Waals surface area contributed by atoms with Gasteiger partial charge in [-0.1, -0.05) is 42.5 Å². The standard InChI is InChI=1S/C22H22N2O2/c1-15-7-6-10-18(16(15)2)23-11-13-24(14-12-23)20-19(21(25)22(20)26)17-8-4-3-5-9-17/h3-10H,11-14H2,1-2H3. The van der Waals surface area contributed by atoms with Crippen molar-refractivity contribution in [1.82, 2.24) is 0 Å². The van der Waals surface area contributed by atoms with Crippen LogP contribution in [0, 0.1) is 13.8 Å². The Balaban J connectivity index is 1.57. The lowest BCUT2D eigenvalue weighted by Gasteiger charge is -2.39. The second-order valence-corrected chi connectivity index (χ2v) is 6.94. The first-order valence-electron chi connectivity index (χ1n) is 9.03. The van der Waals surface area contributed by atoms with Crippen molar-refractivity contribution >= 4 is 11.4 Å². The number of piperazine rings is 1. The van der Waals surface area contributed by atoms with Gasteiger partial charge in [-0.25, -0.2) is 0 Å². The van der Waals surface area contributed by atoms with Crippen molar-refractivity contribution in [3.05, 3.63) is 80.1 Å². The predicted molar refractivity (Wildman–Crippen MR) is 107 cm³/mol. The molecule has 0 aliphatic carbocycles. The Morgan fingerprint density at radius 1 is 0.731 bits per heavy atom. The molecule has 3 aromatic rings. The van der Waals surface area contributed by atoms with Crippen molar-refractivity contribution in [3.63, 3.8) is 0 Å². The highest BCUT2D eigenvalue weighted by Gasteiger charge is 2.29. The van der Waals surface area contributed by atoms with Gasteiger partial charge in [0, 0.05) is 31.9 Å². The van der Waals surface area contributed by atoms with Gasteiger partial charge in [-0.3, -0.25) is 9.59 Å². The molecule has 1 fully saturated rings. The summed E-state index contributed by atoms with van der Waals surface area (Å²) in [5, 5.41) is 0. The summed E-state index contributed by atoms with van der Waals surface area (Å²) in [6.45, 7) is 7.47. The topological polar surface area (TPSA) is 40.6 Å². The van der Waals surface area contributed by atoms with E-state index in [-0.39, 0.29) is 10.9 Å². The van der Waals surface area contributed by atoms with Gasteiger partial charge < -0.3 is 9.80 Å². The van der Waals surface area contributed by atoms with Crippen LogP contribution < -0.4 is 20.7 Å². The summed E-state index contributed by atoms with van der Waals surface area (Å²) in [6, 6.07) is 15.9. The van der Waals surface area contributed by atoms with Gasteiger partial charge in [0.05, 0.1) is 5.56 Å². The molecule has 132 valence electrons. The zero-order chi connectivity index (χ0) is 18.3. The molecule has 1 aliphatic rings. The number of anilines is 2. The molecule has 3 aromatic carbocycles. The number of nitrogens with zero attached hydrogens (tertiary/aromatic N) is 2. The Kier molecular flexibility index (Phi) is 4.11. The molecular formula is C22H22N2O2. The average molecular weight is 346 g/mol. The van der Waals surface area contributed by atoms with Crippen LogP contribution in [0.4, 0.5) is 11.4 Å². The molecule has 0 saturated carbocycles. The lowest BCUT2D eigenvalue weighted by atomic mass is 9.97. The molecular weight excluding hydrogens is 324 g/mol. The smallest absolute Gasteiger partial charge is 0.250 e. The van der Waals surface area contributed by atoms with Gasteiger partial charge in [-0.2, -0.15) is 0 Å². The van der Waals surface area contributed by atoms with Crippen LogP contribution in [0.3, 0.4) is 0 Å². The molecule has 1 aliphatic heterocycles. The summed E-state index contributed by atoms with van der Waals surface area (Å²) in [5.74, 6) is 0. The highest BCUT2D eigenvalue weighted by molar-refractivity contribution is 5.82. The highest BCUT2D eigenvalue weighted by Crippen LogP contribution is 2.29. The maximum absolute atomic E-state index is 12.2. The summed E-state index contributed by atoms with van der Waals surface area (Å²) in [7, 11) is 0. The molecule has 0 atom stereocenters. The van der Waals surface area contributed by atoms with Crippen molar-refractivity contribution < 1.29 is 0 Å². The Morgan fingerprint density at radius 2 is 1.38 bits per heavy atom. The second kappa shape index (κ2) is 6.45. The lowest BCUT2D eigenvalue weighted by molar-refractivity contribution is 0.649. The van der Waals surface area contributed by atoms with E-state index in [1.165, 1.54) is 16.8 Å². The monoisotopic (exact) mass is 346 g/mol. The second-order valence-electron chi connectivity index (χ2n) is 6.94. The van der Waals surface area contributed by atoms with Crippen molar-refractivity contribution in [3.8, 4) is 11.1 Å². The maximum Gasteiger partial charge on any atom is 0.250 e. The molecule has 0 amide bonds. The minimum atomic E-state index is -0.358. The third kappa shape index (κ3) is 2.62. The van der Waals surface area contributed by atoms with Crippen LogP contribution in [0.2, 0.25) is 0 Å². The molecule has 26 heavy (non-hydrogen) atoms.